The quantitative estimate of drug-likeness (QED) is 0.784. The first-order chi connectivity index (χ1) is 6.86. The van der Waals surface area contributed by atoms with Gasteiger partial charge in [-0.1, -0.05) is 6.92 Å². The number of rotatable bonds is 2. The van der Waals surface area contributed by atoms with Gasteiger partial charge in [0.2, 0.25) is 5.88 Å². The van der Waals surface area contributed by atoms with Crippen molar-refractivity contribution in [3.8, 4) is 5.88 Å². The monoisotopic (exact) mass is 230 g/mol. The molecule has 2 atom stereocenters. The lowest BCUT2D eigenvalue weighted by Gasteiger charge is -2.20. The normalized spacial score (nSPS) is 28.2. The minimum Gasteiger partial charge on any atom is -0.469 e. The standard InChI is InChI=1S/C8H14N4O2S/c1-3-8(2)5-12-7(14-8)6(4-11-12)15(9,10)13/h4H,3,5H2,1-2H3,(H3,9,10,13). The summed E-state index contributed by atoms with van der Waals surface area (Å²) >= 11 is 0. The molecule has 2 heterocycles. The second-order valence-electron chi connectivity index (χ2n) is 3.98. The van der Waals surface area contributed by atoms with E-state index >= 15 is 0 Å². The Kier molecular flexibility index (Phi) is 2.06. The van der Waals surface area contributed by atoms with Crippen LogP contribution < -0.4 is 9.88 Å². The fraction of sp³-hybridized carbons (Fsp3) is 0.625. The molecule has 0 spiro atoms. The predicted octanol–water partition coefficient (Wildman–Crippen LogP) is 0.724. The van der Waals surface area contributed by atoms with Crippen LogP contribution in [0.5, 0.6) is 5.88 Å². The maximum atomic E-state index is 11.4. The van der Waals surface area contributed by atoms with Gasteiger partial charge < -0.3 is 4.74 Å². The predicted molar refractivity (Wildman–Crippen MR) is 54.9 cm³/mol. The van der Waals surface area contributed by atoms with Gasteiger partial charge in [0.15, 0.2) is 0 Å². The van der Waals surface area contributed by atoms with Crippen LogP contribution in [-0.2, 0) is 16.5 Å². The second kappa shape index (κ2) is 2.96. The van der Waals surface area contributed by atoms with E-state index in [4.69, 9.17) is 14.7 Å². The lowest BCUT2D eigenvalue weighted by Crippen LogP contribution is -2.30. The fourth-order valence-corrected chi connectivity index (χ4v) is 2.16. The van der Waals surface area contributed by atoms with Gasteiger partial charge >= 0.3 is 0 Å². The van der Waals surface area contributed by atoms with Gasteiger partial charge in [0.05, 0.1) is 12.7 Å². The van der Waals surface area contributed by atoms with E-state index in [9.17, 15) is 4.21 Å². The van der Waals surface area contributed by atoms with Gasteiger partial charge in [0, 0.05) is 0 Å². The molecule has 1 aliphatic rings. The molecule has 84 valence electrons. The molecular formula is C8H14N4O2S. The minimum absolute atomic E-state index is 0.180. The summed E-state index contributed by atoms with van der Waals surface area (Å²) in [7, 11) is -3.25. The Morgan fingerprint density at radius 1 is 1.87 bits per heavy atom. The Morgan fingerprint density at radius 2 is 2.53 bits per heavy atom. The molecule has 2 unspecified atom stereocenters. The summed E-state index contributed by atoms with van der Waals surface area (Å²) in [6.07, 6.45) is 2.17. The number of hydrogen-bond donors (Lipinski definition) is 2. The average Bonchev–Trinajstić information content (AvgIpc) is 2.59. The average molecular weight is 230 g/mol. The van der Waals surface area contributed by atoms with Crippen molar-refractivity contribution in [2.24, 2.45) is 5.14 Å². The lowest BCUT2D eigenvalue weighted by molar-refractivity contribution is 0.105. The number of nitrogens with two attached hydrogens (primary N) is 1. The van der Waals surface area contributed by atoms with Crippen molar-refractivity contribution < 1.29 is 8.95 Å². The number of fused-ring (bicyclic) bond motifs is 1. The summed E-state index contributed by atoms with van der Waals surface area (Å²) in [6, 6.07) is 0. The highest BCUT2D eigenvalue weighted by atomic mass is 32.2. The molecule has 6 nitrogen and oxygen atoms in total. The Balaban J connectivity index is 2.46. The topological polar surface area (TPSA) is 94.0 Å². The number of hydrogen-bond acceptors (Lipinski definition) is 4. The van der Waals surface area contributed by atoms with E-state index < -0.39 is 9.92 Å². The Hall–Kier alpha value is -1.08. The smallest absolute Gasteiger partial charge is 0.231 e. The van der Waals surface area contributed by atoms with Crippen LogP contribution in [0.25, 0.3) is 0 Å². The van der Waals surface area contributed by atoms with Gasteiger partial charge in [-0.25, -0.2) is 18.8 Å². The molecule has 3 N–H and O–H groups in total. The highest BCUT2D eigenvalue weighted by Gasteiger charge is 2.37. The van der Waals surface area contributed by atoms with Crippen LogP contribution >= 0.6 is 0 Å². The molecule has 0 radical (unpaired) electrons. The maximum Gasteiger partial charge on any atom is 0.231 e. The molecule has 2 rings (SSSR count). The Labute approximate surface area is 88.5 Å². The minimum atomic E-state index is -3.25. The van der Waals surface area contributed by atoms with E-state index in [1.165, 1.54) is 6.20 Å². The van der Waals surface area contributed by atoms with Gasteiger partial charge in [-0.05, 0) is 13.3 Å². The molecule has 7 heteroatoms. The molecule has 0 fully saturated rings. The number of ether oxygens (including phenoxy) is 1. The van der Waals surface area contributed by atoms with Gasteiger partial charge in [0.25, 0.3) is 0 Å². The molecule has 0 amide bonds. The van der Waals surface area contributed by atoms with E-state index in [-0.39, 0.29) is 10.5 Å². The molecule has 0 aliphatic carbocycles. The molecule has 1 aromatic heterocycles. The first kappa shape index (κ1) is 10.4. The first-order valence-electron chi connectivity index (χ1n) is 4.67. The van der Waals surface area contributed by atoms with Gasteiger partial charge in [-0.15, -0.1) is 0 Å². The summed E-state index contributed by atoms with van der Waals surface area (Å²) in [5, 5.41) is 9.28. The van der Waals surface area contributed by atoms with Crippen LogP contribution in [0.15, 0.2) is 11.1 Å². The van der Waals surface area contributed by atoms with Crippen LogP contribution in [0.1, 0.15) is 20.3 Å². The molecular weight excluding hydrogens is 216 g/mol. The third-order valence-corrected chi connectivity index (χ3v) is 3.59. The zero-order valence-electron chi connectivity index (χ0n) is 8.69. The van der Waals surface area contributed by atoms with Crippen LogP contribution in [0.3, 0.4) is 0 Å². The molecule has 0 aromatic carbocycles. The van der Waals surface area contributed by atoms with Gasteiger partial charge in [-0.3, -0.25) is 0 Å². The van der Waals surface area contributed by atoms with E-state index in [0.717, 1.165) is 6.42 Å². The third kappa shape index (κ3) is 1.61. The maximum absolute atomic E-state index is 11.4. The Morgan fingerprint density at radius 3 is 3.07 bits per heavy atom. The van der Waals surface area contributed by atoms with Gasteiger partial charge in [-0.2, -0.15) is 5.10 Å². The fourth-order valence-electron chi connectivity index (χ4n) is 1.55. The molecule has 0 saturated heterocycles. The van der Waals surface area contributed by atoms with Gasteiger partial charge in [0.1, 0.15) is 20.4 Å². The number of aromatic nitrogens is 2. The third-order valence-electron chi connectivity index (χ3n) is 2.66. The van der Waals surface area contributed by atoms with E-state index in [1.807, 2.05) is 13.8 Å². The first-order valence-corrected chi connectivity index (χ1v) is 6.29. The van der Waals surface area contributed by atoms with Crippen molar-refractivity contribution in [2.75, 3.05) is 0 Å². The van der Waals surface area contributed by atoms with Crippen molar-refractivity contribution in [3.63, 3.8) is 0 Å². The van der Waals surface area contributed by atoms with E-state index in [1.54, 1.807) is 4.68 Å². The van der Waals surface area contributed by atoms with Crippen molar-refractivity contribution in [2.45, 2.75) is 37.3 Å². The molecule has 1 aromatic rings. The summed E-state index contributed by atoms with van der Waals surface area (Å²) in [4.78, 5) is 0.180. The summed E-state index contributed by atoms with van der Waals surface area (Å²) < 4.78 is 26.0. The number of nitrogens with one attached hydrogen (secondary N) is 1. The van der Waals surface area contributed by atoms with E-state index in [2.05, 4.69) is 5.10 Å². The molecule has 15 heavy (non-hydrogen) atoms. The van der Waals surface area contributed by atoms with Crippen molar-refractivity contribution in [3.05, 3.63) is 6.20 Å². The molecule has 0 bridgehead atoms. The summed E-state index contributed by atoms with van der Waals surface area (Å²) in [5.41, 5.74) is -0.330. The van der Waals surface area contributed by atoms with Crippen molar-refractivity contribution >= 4 is 9.92 Å². The summed E-state index contributed by atoms with van der Waals surface area (Å²) in [6.45, 7) is 4.56. The van der Waals surface area contributed by atoms with Crippen LogP contribution in [0, 0.1) is 4.78 Å². The second-order valence-corrected chi connectivity index (χ2v) is 5.62. The highest BCUT2D eigenvalue weighted by Crippen LogP contribution is 2.35. The molecule has 0 saturated carbocycles. The number of nitrogens with zero attached hydrogens (tertiary/aromatic N) is 2. The zero-order chi connectivity index (χ0) is 11.3. The van der Waals surface area contributed by atoms with Crippen LogP contribution in [0.4, 0.5) is 0 Å². The van der Waals surface area contributed by atoms with Crippen LogP contribution in [-0.4, -0.2) is 19.6 Å². The largest absolute Gasteiger partial charge is 0.469 e. The highest BCUT2D eigenvalue weighted by molar-refractivity contribution is 7.90. The zero-order valence-corrected chi connectivity index (χ0v) is 9.50. The van der Waals surface area contributed by atoms with Crippen molar-refractivity contribution in [1.29, 1.82) is 4.78 Å². The SMILES string of the molecule is CCC1(C)Cn2ncc(S(=N)(N)=O)c2O1. The van der Waals surface area contributed by atoms with Crippen LogP contribution in [0.2, 0.25) is 0 Å². The lowest BCUT2D eigenvalue weighted by atomic mass is 10.1. The summed E-state index contributed by atoms with van der Waals surface area (Å²) in [5.74, 6) is 0.377. The molecule has 1 aliphatic heterocycles. The van der Waals surface area contributed by atoms with Crippen molar-refractivity contribution in [1.82, 2.24) is 9.78 Å². The Bertz CT molecular complexity index is 493. The van der Waals surface area contributed by atoms with E-state index in [0.29, 0.717) is 12.4 Å².